The smallest absolute Gasteiger partial charge is 0.316 e. The van der Waals surface area contributed by atoms with E-state index in [0.717, 1.165) is 11.1 Å². The zero-order valence-corrected chi connectivity index (χ0v) is 14.1. The van der Waals surface area contributed by atoms with E-state index in [1.807, 2.05) is 38.4 Å². The fraction of sp³-hybridized carbons (Fsp3) is 0.389. The largest absolute Gasteiger partial charge is 0.426 e. The van der Waals surface area contributed by atoms with Crippen LogP contribution in [0.3, 0.4) is 0 Å². The number of amides is 1. The maximum atomic E-state index is 12.7. The molecule has 0 saturated carbocycles. The second-order valence-corrected chi connectivity index (χ2v) is 6.28. The van der Waals surface area contributed by atoms with Crippen molar-refractivity contribution in [3.05, 3.63) is 47.8 Å². The lowest BCUT2D eigenvalue weighted by Crippen LogP contribution is -2.44. The zero-order valence-electron chi connectivity index (χ0n) is 14.1. The second kappa shape index (κ2) is 6.47. The summed E-state index contributed by atoms with van der Waals surface area (Å²) in [6, 6.07) is 7.05. The van der Waals surface area contributed by atoms with Crippen LogP contribution in [0, 0.1) is 12.8 Å². The molecule has 1 aromatic heterocycles. The predicted octanol–water partition coefficient (Wildman–Crippen LogP) is 2.24. The maximum Gasteiger partial charge on any atom is 0.316 e. The summed E-state index contributed by atoms with van der Waals surface area (Å²) in [4.78, 5) is 26.5. The summed E-state index contributed by atoms with van der Waals surface area (Å²) in [5.41, 5.74) is 1.87. The van der Waals surface area contributed by atoms with Gasteiger partial charge in [-0.15, -0.1) is 0 Å². The summed E-state index contributed by atoms with van der Waals surface area (Å²) >= 11 is 0. The number of carbonyl (C=O) groups is 2. The first-order valence-corrected chi connectivity index (χ1v) is 7.98. The van der Waals surface area contributed by atoms with Crippen LogP contribution >= 0.6 is 0 Å². The van der Waals surface area contributed by atoms with Gasteiger partial charge in [-0.2, -0.15) is 5.10 Å². The van der Waals surface area contributed by atoms with Gasteiger partial charge in [0, 0.05) is 32.3 Å². The molecule has 6 heteroatoms. The van der Waals surface area contributed by atoms with Gasteiger partial charge in [-0.05, 0) is 31.0 Å². The first-order chi connectivity index (χ1) is 11.5. The molecule has 0 N–H and O–H groups in total. The molecule has 1 aromatic carbocycles. The van der Waals surface area contributed by atoms with E-state index in [-0.39, 0.29) is 17.9 Å². The molecule has 2 atom stereocenters. The molecule has 0 radical (unpaired) electrons. The van der Waals surface area contributed by atoms with Crippen LogP contribution < -0.4 is 4.74 Å². The van der Waals surface area contributed by atoms with Crippen molar-refractivity contribution in [2.24, 2.45) is 13.0 Å². The number of rotatable bonds is 3. The maximum absolute atomic E-state index is 12.7. The Kier molecular flexibility index (Phi) is 4.38. The average Bonchev–Trinajstić information content (AvgIpc) is 2.95. The predicted molar refractivity (Wildman–Crippen MR) is 88.3 cm³/mol. The number of hydrogen-bond acceptors (Lipinski definition) is 4. The Bertz CT molecular complexity index is 768. The number of aromatic nitrogens is 2. The van der Waals surface area contributed by atoms with Gasteiger partial charge in [0.25, 0.3) is 0 Å². The molecule has 1 aliphatic heterocycles. The number of likely N-dealkylation sites (tertiary alicyclic amines) is 1. The van der Waals surface area contributed by atoms with Crippen LogP contribution in [0.2, 0.25) is 0 Å². The molecule has 2 unspecified atom stereocenters. The van der Waals surface area contributed by atoms with Crippen LogP contribution in [0.5, 0.6) is 5.75 Å². The third-order valence-electron chi connectivity index (χ3n) is 4.44. The van der Waals surface area contributed by atoms with Crippen molar-refractivity contribution in [3.8, 4) is 5.75 Å². The molecule has 1 saturated heterocycles. The molecule has 2 heterocycles. The van der Waals surface area contributed by atoms with Gasteiger partial charge >= 0.3 is 5.97 Å². The van der Waals surface area contributed by atoms with E-state index >= 15 is 0 Å². The number of carbonyl (C=O) groups excluding carboxylic acids is 2. The summed E-state index contributed by atoms with van der Waals surface area (Å²) in [6.45, 7) is 1.95. The van der Waals surface area contributed by atoms with E-state index in [1.165, 1.54) is 0 Å². The van der Waals surface area contributed by atoms with Crippen LogP contribution in [-0.4, -0.2) is 33.6 Å². The van der Waals surface area contributed by atoms with Gasteiger partial charge in [-0.3, -0.25) is 14.3 Å². The molecule has 3 rings (SSSR count). The van der Waals surface area contributed by atoms with Gasteiger partial charge < -0.3 is 9.64 Å². The summed E-state index contributed by atoms with van der Waals surface area (Å²) in [5.74, 6) is -0.154. The molecule has 24 heavy (non-hydrogen) atoms. The Morgan fingerprint density at radius 2 is 2.12 bits per heavy atom. The van der Waals surface area contributed by atoms with Gasteiger partial charge in [-0.1, -0.05) is 12.1 Å². The Morgan fingerprint density at radius 1 is 1.33 bits per heavy atom. The fourth-order valence-electron chi connectivity index (χ4n) is 3.20. The minimum absolute atomic E-state index is 0.0310. The third kappa shape index (κ3) is 3.18. The highest BCUT2D eigenvalue weighted by molar-refractivity contribution is 5.83. The molecule has 0 spiro atoms. The Balaban J connectivity index is 1.86. The van der Waals surface area contributed by atoms with Crippen molar-refractivity contribution >= 4 is 11.9 Å². The Labute approximate surface area is 141 Å². The van der Waals surface area contributed by atoms with E-state index in [4.69, 9.17) is 4.74 Å². The van der Waals surface area contributed by atoms with Gasteiger partial charge in [0.1, 0.15) is 5.75 Å². The SMILES string of the molecule is Cc1cccc(OC(=O)C2CCC(=O)N(C)C2c2cnn(C)c2)c1. The van der Waals surface area contributed by atoms with Crippen molar-refractivity contribution in [3.63, 3.8) is 0 Å². The number of aryl methyl sites for hydroxylation is 2. The lowest BCUT2D eigenvalue weighted by atomic mass is 9.86. The van der Waals surface area contributed by atoms with Crippen LogP contribution in [-0.2, 0) is 16.6 Å². The van der Waals surface area contributed by atoms with Crippen molar-refractivity contribution in [2.45, 2.75) is 25.8 Å². The number of benzene rings is 1. The van der Waals surface area contributed by atoms with Gasteiger partial charge in [0.2, 0.25) is 5.91 Å². The number of piperidine rings is 1. The zero-order chi connectivity index (χ0) is 17.3. The Hall–Kier alpha value is -2.63. The summed E-state index contributed by atoms with van der Waals surface area (Å²) in [6.07, 6.45) is 4.37. The topological polar surface area (TPSA) is 64.4 Å². The summed E-state index contributed by atoms with van der Waals surface area (Å²) in [5, 5.41) is 4.17. The van der Waals surface area contributed by atoms with E-state index in [2.05, 4.69) is 5.10 Å². The standard InChI is InChI=1S/C18H21N3O3/c1-12-5-4-6-14(9-12)24-18(23)15-7-8-16(22)21(3)17(15)13-10-19-20(2)11-13/h4-6,9-11,15,17H,7-8H2,1-3H3. The van der Waals surface area contributed by atoms with Crippen molar-refractivity contribution < 1.29 is 14.3 Å². The van der Waals surface area contributed by atoms with E-state index in [0.29, 0.717) is 18.6 Å². The monoisotopic (exact) mass is 327 g/mol. The second-order valence-electron chi connectivity index (χ2n) is 6.28. The lowest BCUT2D eigenvalue weighted by Gasteiger charge is -2.37. The first kappa shape index (κ1) is 16.2. The first-order valence-electron chi connectivity index (χ1n) is 7.98. The highest BCUT2D eigenvalue weighted by Crippen LogP contribution is 2.36. The molecule has 126 valence electrons. The number of esters is 1. The number of ether oxygens (including phenoxy) is 1. The van der Waals surface area contributed by atoms with Crippen LogP contribution in [0.4, 0.5) is 0 Å². The van der Waals surface area contributed by atoms with Crippen LogP contribution in [0.25, 0.3) is 0 Å². The fourth-order valence-corrected chi connectivity index (χ4v) is 3.20. The van der Waals surface area contributed by atoms with Gasteiger partial charge in [0.05, 0.1) is 18.2 Å². The molecule has 0 bridgehead atoms. The average molecular weight is 327 g/mol. The van der Waals surface area contributed by atoms with Crippen molar-refractivity contribution in [1.82, 2.24) is 14.7 Å². The van der Waals surface area contributed by atoms with Crippen molar-refractivity contribution in [2.75, 3.05) is 7.05 Å². The third-order valence-corrected chi connectivity index (χ3v) is 4.44. The van der Waals surface area contributed by atoms with Gasteiger partial charge in [-0.25, -0.2) is 0 Å². The molecule has 2 aromatic rings. The summed E-state index contributed by atoms with van der Waals surface area (Å²) in [7, 11) is 3.54. The molecule has 1 fully saturated rings. The number of hydrogen-bond donors (Lipinski definition) is 0. The highest BCUT2D eigenvalue weighted by atomic mass is 16.5. The van der Waals surface area contributed by atoms with Crippen LogP contribution in [0.15, 0.2) is 36.7 Å². The van der Waals surface area contributed by atoms with E-state index in [9.17, 15) is 9.59 Å². The molecule has 6 nitrogen and oxygen atoms in total. The van der Waals surface area contributed by atoms with Gasteiger partial charge in [0.15, 0.2) is 0 Å². The summed E-state index contributed by atoms with van der Waals surface area (Å²) < 4.78 is 7.24. The minimum Gasteiger partial charge on any atom is -0.426 e. The van der Waals surface area contributed by atoms with Crippen molar-refractivity contribution in [1.29, 1.82) is 0 Å². The lowest BCUT2D eigenvalue weighted by molar-refractivity contribution is -0.148. The molecular weight excluding hydrogens is 306 g/mol. The van der Waals surface area contributed by atoms with E-state index < -0.39 is 5.92 Å². The molecule has 1 amide bonds. The molecule has 0 aliphatic carbocycles. The Morgan fingerprint density at radius 3 is 2.79 bits per heavy atom. The minimum atomic E-state index is -0.405. The molecular formula is C18H21N3O3. The number of nitrogens with zero attached hydrogens (tertiary/aromatic N) is 3. The van der Waals surface area contributed by atoms with Crippen LogP contribution in [0.1, 0.15) is 30.0 Å². The highest BCUT2D eigenvalue weighted by Gasteiger charge is 2.40. The molecule has 1 aliphatic rings. The normalized spacial score (nSPS) is 21.0. The quantitative estimate of drug-likeness (QED) is 0.641. The van der Waals surface area contributed by atoms with E-state index in [1.54, 1.807) is 28.9 Å².